The van der Waals surface area contributed by atoms with E-state index in [0.29, 0.717) is 10.0 Å². The number of hydrogen-bond donors (Lipinski definition) is 1. The molecule has 0 amide bonds. The van der Waals surface area contributed by atoms with Crippen molar-refractivity contribution in [1.82, 2.24) is 0 Å². The fourth-order valence-electron chi connectivity index (χ4n) is 4.09. The summed E-state index contributed by atoms with van der Waals surface area (Å²) in [7, 11) is 2.14. The van der Waals surface area contributed by atoms with Crippen LogP contribution in [0, 0.1) is 17.8 Å². The molecule has 1 aromatic carbocycles. The fourth-order valence-corrected chi connectivity index (χ4v) is 4.42. The predicted octanol–water partition coefficient (Wildman–Crippen LogP) is 3.85. The Kier molecular flexibility index (Phi) is 3.91. The molecule has 0 aromatic heterocycles. The van der Waals surface area contributed by atoms with Crippen molar-refractivity contribution in [2.45, 2.75) is 25.7 Å². The van der Waals surface area contributed by atoms with Crippen LogP contribution >= 0.6 is 23.8 Å². The second-order valence-corrected chi connectivity index (χ2v) is 7.22. The van der Waals surface area contributed by atoms with Crippen LogP contribution in [0.25, 0.3) is 0 Å². The number of thiocarbonyl (C=S) groups is 1. The van der Waals surface area contributed by atoms with Gasteiger partial charge in [0.2, 0.25) is 0 Å². The summed E-state index contributed by atoms with van der Waals surface area (Å²) in [5.74, 6) is 2.75. The number of halogens is 1. The monoisotopic (exact) mass is 308 g/mol. The molecule has 0 radical (unpaired) electrons. The zero-order valence-electron chi connectivity index (χ0n) is 11.8. The highest BCUT2D eigenvalue weighted by atomic mass is 35.5. The van der Waals surface area contributed by atoms with Gasteiger partial charge in [0.1, 0.15) is 4.99 Å². The van der Waals surface area contributed by atoms with Crippen LogP contribution in [-0.2, 0) is 0 Å². The number of hydrogen-bond acceptors (Lipinski definition) is 2. The standard InChI is InChI=1S/C16H21ClN2S/c1-19(9-12-7-10-2-3-11(12)6-10)15-5-4-13(17)8-14(15)16(18)20/h4-5,8,10-12H,2-3,6-7,9H2,1H3,(H2,18,20). The molecule has 2 bridgehead atoms. The lowest BCUT2D eigenvalue weighted by Crippen LogP contribution is -2.30. The van der Waals surface area contributed by atoms with Gasteiger partial charge in [0.25, 0.3) is 0 Å². The van der Waals surface area contributed by atoms with Gasteiger partial charge in [0.15, 0.2) is 0 Å². The fraction of sp³-hybridized carbons (Fsp3) is 0.562. The van der Waals surface area contributed by atoms with Crippen LogP contribution in [0.2, 0.25) is 5.02 Å². The van der Waals surface area contributed by atoms with Crippen molar-refractivity contribution in [3.63, 3.8) is 0 Å². The molecule has 3 unspecified atom stereocenters. The summed E-state index contributed by atoms with van der Waals surface area (Å²) in [6.07, 6.45) is 5.71. The topological polar surface area (TPSA) is 29.3 Å². The van der Waals surface area contributed by atoms with E-state index in [9.17, 15) is 0 Å². The molecule has 4 heteroatoms. The Labute approximate surface area is 131 Å². The van der Waals surface area contributed by atoms with Crippen molar-refractivity contribution in [1.29, 1.82) is 0 Å². The maximum absolute atomic E-state index is 6.05. The van der Waals surface area contributed by atoms with Crippen LogP contribution in [0.5, 0.6) is 0 Å². The van der Waals surface area contributed by atoms with Crippen molar-refractivity contribution in [2.24, 2.45) is 23.5 Å². The molecule has 1 aromatic rings. The minimum Gasteiger partial charge on any atom is -0.389 e. The Hall–Kier alpha value is -0.800. The van der Waals surface area contributed by atoms with E-state index in [1.807, 2.05) is 18.2 Å². The minimum atomic E-state index is 0.419. The average Bonchev–Trinajstić information content (AvgIpc) is 3.00. The molecule has 2 saturated carbocycles. The maximum atomic E-state index is 6.05. The zero-order chi connectivity index (χ0) is 14.3. The molecule has 0 spiro atoms. The van der Waals surface area contributed by atoms with Gasteiger partial charge in [-0.2, -0.15) is 0 Å². The van der Waals surface area contributed by atoms with Gasteiger partial charge in [-0.3, -0.25) is 0 Å². The lowest BCUT2D eigenvalue weighted by atomic mass is 9.88. The van der Waals surface area contributed by atoms with Crippen LogP contribution in [0.3, 0.4) is 0 Å². The smallest absolute Gasteiger partial charge is 0.106 e. The van der Waals surface area contributed by atoms with Crippen LogP contribution in [0.1, 0.15) is 31.2 Å². The van der Waals surface area contributed by atoms with Gasteiger partial charge in [-0.25, -0.2) is 0 Å². The zero-order valence-corrected chi connectivity index (χ0v) is 13.4. The van der Waals surface area contributed by atoms with Crippen LogP contribution < -0.4 is 10.6 Å². The highest BCUT2D eigenvalue weighted by Crippen LogP contribution is 2.48. The highest BCUT2D eigenvalue weighted by Gasteiger charge is 2.39. The Morgan fingerprint density at radius 3 is 2.80 bits per heavy atom. The number of nitrogens with two attached hydrogens (primary N) is 1. The quantitative estimate of drug-likeness (QED) is 0.857. The van der Waals surface area contributed by atoms with Crippen LogP contribution in [0.4, 0.5) is 5.69 Å². The maximum Gasteiger partial charge on any atom is 0.106 e. The van der Waals surface area contributed by atoms with Crippen molar-refractivity contribution < 1.29 is 0 Å². The van der Waals surface area contributed by atoms with Gasteiger partial charge in [-0.1, -0.05) is 30.2 Å². The molecule has 2 nitrogen and oxygen atoms in total. The molecule has 3 atom stereocenters. The molecule has 3 rings (SSSR count). The third-order valence-electron chi connectivity index (χ3n) is 5.03. The van der Waals surface area contributed by atoms with Gasteiger partial charge in [-0.15, -0.1) is 0 Å². The third kappa shape index (κ3) is 2.66. The predicted molar refractivity (Wildman–Crippen MR) is 89.5 cm³/mol. The normalized spacial score (nSPS) is 27.8. The first-order chi connectivity index (χ1) is 9.54. The summed E-state index contributed by atoms with van der Waals surface area (Å²) < 4.78 is 0. The van der Waals surface area contributed by atoms with Gasteiger partial charge >= 0.3 is 0 Å². The lowest BCUT2D eigenvalue weighted by molar-refractivity contribution is 0.337. The van der Waals surface area contributed by atoms with Crippen molar-refractivity contribution >= 4 is 34.5 Å². The molecular formula is C16H21ClN2S. The molecule has 20 heavy (non-hydrogen) atoms. The summed E-state index contributed by atoms with van der Waals surface area (Å²) in [5, 5.41) is 0.685. The molecule has 0 heterocycles. The Balaban J connectivity index is 1.77. The van der Waals surface area contributed by atoms with E-state index in [1.165, 1.54) is 25.7 Å². The van der Waals surface area contributed by atoms with Gasteiger partial charge in [0, 0.05) is 29.9 Å². The second-order valence-electron chi connectivity index (χ2n) is 6.34. The first-order valence-electron chi connectivity index (χ1n) is 7.35. The highest BCUT2D eigenvalue weighted by molar-refractivity contribution is 7.80. The molecule has 2 fully saturated rings. The number of rotatable bonds is 4. The van der Waals surface area contributed by atoms with E-state index in [2.05, 4.69) is 11.9 Å². The Morgan fingerprint density at radius 1 is 1.40 bits per heavy atom. The van der Waals surface area contributed by atoms with E-state index < -0.39 is 0 Å². The minimum absolute atomic E-state index is 0.419. The number of nitrogens with zero attached hydrogens (tertiary/aromatic N) is 1. The first kappa shape index (κ1) is 14.2. The molecule has 2 N–H and O–H groups in total. The summed E-state index contributed by atoms with van der Waals surface area (Å²) in [6, 6.07) is 5.82. The molecule has 108 valence electrons. The van der Waals surface area contributed by atoms with Gasteiger partial charge < -0.3 is 10.6 Å². The molecule has 0 aliphatic heterocycles. The van der Waals surface area contributed by atoms with E-state index in [-0.39, 0.29) is 0 Å². The molecule has 2 aliphatic rings. The van der Waals surface area contributed by atoms with E-state index in [0.717, 1.165) is 35.5 Å². The summed E-state index contributed by atoms with van der Waals surface area (Å²) >= 11 is 11.2. The second kappa shape index (κ2) is 5.53. The summed E-state index contributed by atoms with van der Waals surface area (Å²) in [4.78, 5) is 2.72. The Bertz CT molecular complexity index is 531. The molecule has 0 saturated heterocycles. The molecule has 2 aliphatic carbocycles. The van der Waals surface area contributed by atoms with Crippen molar-refractivity contribution in [3.05, 3.63) is 28.8 Å². The first-order valence-corrected chi connectivity index (χ1v) is 8.13. The Morgan fingerprint density at radius 2 is 2.20 bits per heavy atom. The summed E-state index contributed by atoms with van der Waals surface area (Å²) in [5.41, 5.74) is 7.82. The van der Waals surface area contributed by atoms with Crippen molar-refractivity contribution in [2.75, 3.05) is 18.5 Å². The van der Waals surface area contributed by atoms with Gasteiger partial charge in [0.05, 0.1) is 0 Å². The number of fused-ring (bicyclic) bond motifs is 2. The largest absolute Gasteiger partial charge is 0.389 e. The van der Waals surface area contributed by atoms with Crippen molar-refractivity contribution in [3.8, 4) is 0 Å². The SMILES string of the molecule is CN(CC1CC2CCC1C2)c1ccc(Cl)cc1C(N)=S. The van der Waals surface area contributed by atoms with Crippen LogP contribution in [0.15, 0.2) is 18.2 Å². The van der Waals surface area contributed by atoms with E-state index in [1.54, 1.807) is 0 Å². The molecular weight excluding hydrogens is 288 g/mol. The van der Waals surface area contributed by atoms with E-state index >= 15 is 0 Å². The number of anilines is 1. The van der Waals surface area contributed by atoms with Gasteiger partial charge in [-0.05, 0) is 55.2 Å². The number of benzene rings is 1. The lowest BCUT2D eigenvalue weighted by Gasteiger charge is -2.29. The summed E-state index contributed by atoms with van der Waals surface area (Å²) in [6.45, 7) is 1.10. The average molecular weight is 309 g/mol. The van der Waals surface area contributed by atoms with Crippen LogP contribution in [-0.4, -0.2) is 18.6 Å². The third-order valence-corrected chi connectivity index (χ3v) is 5.48. The van der Waals surface area contributed by atoms with E-state index in [4.69, 9.17) is 29.6 Å².